The van der Waals surface area contributed by atoms with Crippen LogP contribution < -0.4 is 15.5 Å². The summed E-state index contributed by atoms with van der Waals surface area (Å²) >= 11 is 0. The van der Waals surface area contributed by atoms with Crippen molar-refractivity contribution in [3.05, 3.63) is 126 Å². The Morgan fingerprint density at radius 1 is 0.739 bits per heavy atom. The van der Waals surface area contributed by atoms with Gasteiger partial charge in [-0.25, -0.2) is 9.18 Å². The number of urea groups is 1. The van der Waals surface area contributed by atoms with Gasteiger partial charge >= 0.3 is 12.2 Å². The van der Waals surface area contributed by atoms with E-state index in [0.717, 1.165) is 29.4 Å². The topological polar surface area (TPSA) is 85.0 Å². The van der Waals surface area contributed by atoms with Crippen LogP contribution in [0, 0.1) is 5.82 Å². The van der Waals surface area contributed by atoms with Crippen molar-refractivity contribution in [2.75, 3.05) is 48.3 Å². The maximum Gasteiger partial charge on any atom is 0.416 e. The normalized spacial score (nSPS) is 13.2. The summed E-state index contributed by atoms with van der Waals surface area (Å²) < 4.78 is 52.8. The van der Waals surface area contributed by atoms with Crippen molar-refractivity contribution in [2.45, 2.75) is 12.7 Å². The first-order chi connectivity index (χ1) is 22.0. The fraction of sp³-hybridized carbons (Fsp3) is 0.206. The Kier molecular flexibility index (Phi) is 9.85. The number of alkyl halides is 3. The minimum atomic E-state index is -4.50. The Hall–Kier alpha value is -5.39. The third-order valence-corrected chi connectivity index (χ3v) is 7.43. The molecule has 0 unspecified atom stereocenters. The molecule has 1 aliphatic heterocycles. The van der Waals surface area contributed by atoms with Crippen LogP contribution in [-0.2, 0) is 17.5 Å². The SMILES string of the molecule is O=C(CN(Cc1ccccc1)C(=O)c1cccc(F)c1)Nc1ccc(N2CCN(C(=O)Nc3cccc(C(F)(F)F)c3)CC2)cc1. The molecule has 238 valence electrons. The number of nitrogens with zero attached hydrogens (tertiary/aromatic N) is 3. The van der Waals surface area contributed by atoms with Crippen molar-refractivity contribution < 1.29 is 31.9 Å². The van der Waals surface area contributed by atoms with Crippen LogP contribution in [0.5, 0.6) is 0 Å². The molecule has 5 rings (SSSR count). The molecule has 0 radical (unpaired) electrons. The average Bonchev–Trinajstić information content (AvgIpc) is 3.05. The molecule has 4 aromatic carbocycles. The number of benzene rings is 4. The van der Waals surface area contributed by atoms with Crippen molar-refractivity contribution in [1.29, 1.82) is 0 Å². The number of rotatable bonds is 8. The second-order valence-electron chi connectivity index (χ2n) is 10.7. The number of amides is 4. The molecule has 4 amide bonds. The Bertz CT molecular complexity index is 1670. The molecular weight excluding hydrogens is 602 g/mol. The van der Waals surface area contributed by atoms with Crippen LogP contribution in [-0.4, -0.2) is 60.4 Å². The molecule has 0 bridgehead atoms. The van der Waals surface area contributed by atoms with Crippen molar-refractivity contribution in [1.82, 2.24) is 9.80 Å². The summed E-state index contributed by atoms with van der Waals surface area (Å²) in [6.07, 6.45) is -4.50. The lowest BCUT2D eigenvalue weighted by Crippen LogP contribution is -2.50. The van der Waals surface area contributed by atoms with Crippen LogP contribution in [0.2, 0.25) is 0 Å². The van der Waals surface area contributed by atoms with Crippen LogP contribution >= 0.6 is 0 Å². The second kappa shape index (κ2) is 14.1. The Labute approximate surface area is 263 Å². The van der Waals surface area contributed by atoms with E-state index < -0.39 is 35.4 Å². The van der Waals surface area contributed by atoms with Gasteiger partial charge in [-0.15, -0.1) is 0 Å². The van der Waals surface area contributed by atoms with Gasteiger partial charge in [0.1, 0.15) is 12.4 Å². The van der Waals surface area contributed by atoms with Gasteiger partial charge in [0.2, 0.25) is 5.91 Å². The summed E-state index contributed by atoms with van der Waals surface area (Å²) in [6, 6.07) is 25.7. The number of halogens is 4. The molecule has 0 atom stereocenters. The second-order valence-corrected chi connectivity index (χ2v) is 10.7. The number of hydrogen-bond acceptors (Lipinski definition) is 4. The molecule has 0 spiro atoms. The van der Waals surface area contributed by atoms with E-state index in [-0.39, 0.29) is 24.3 Å². The number of hydrogen-bond donors (Lipinski definition) is 2. The lowest BCUT2D eigenvalue weighted by Gasteiger charge is -2.36. The third kappa shape index (κ3) is 8.40. The van der Waals surface area contributed by atoms with E-state index in [1.54, 1.807) is 12.1 Å². The van der Waals surface area contributed by atoms with Gasteiger partial charge in [0.05, 0.1) is 5.56 Å². The zero-order valence-electron chi connectivity index (χ0n) is 24.6. The van der Waals surface area contributed by atoms with Gasteiger partial charge in [-0.05, 0) is 66.2 Å². The molecule has 12 heteroatoms. The fourth-order valence-electron chi connectivity index (χ4n) is 5.08. The Morgan fingerprint density at radius 3 is 2.11 bits per heavy atom. The number of anilines is 3. The molecule has 1 fully saturated rings. The van der Waals surface area contributed by atoms with E-state index in [1.807, 2.05) is 42.5 Å². The van der Waals surface area contributed by atoms with Crippen molar-refractivity contribution in [2.24, 2.45) is 0 Å². The molecule has 1 heterocycles. The number of nitrogens with one attached hydrogen (secondary N) is 2. The molecular formula is C34H31F4N5O3. The lowest BCUT2D eigenvalue weighted by molar-refractivity contribution is -0.137. The summed E-state index contributed by atoms with van der Waals surface area (Å²) in [5, 5.41) is 5.34. The smallest absolute Gasteiger partial charge is 0.368 e. The molecule has 8 nitrogen and oxygen atoms in total. The van der Waals surface area contributed by atoms with Gasteiger partial charge in [0, 0.05) is 55.3 Å². The molecule has 4 aromatic rings. The fourth-order valence-corrected chi connectivity index (χ4v) is 5.08. The quantitative estimate of drug-likeness (QED) is 0.218. The van der Waals surface area contributed by atoms with Crippen molar-refractivity contribution in [3.63, 3.8) is 0 Å². The van der Waals surface area contributed by atoms with Crippen LogP contribution in [0.4, 0.5) is 39.4 Å². The highest BCUT2D eigenvalue weighted by Crippen LogP contribution is 2.31. The Morgan fingerprint density at radius 2 is 1.43 bits per heavy atom. The zero-order valence-corrected chi connectivity index (χ0v) is 24.6. The molecule has 2 N–H and O–H groups in total. The molecule has 0 saturated carbocycles. The molecule has 1 saturated heterocycles. The van der Waals surface area contributed by atoms with Crippen LogP contribution in [0.15, 0.2) is 103 Å². The highest BCUT2D eigenvalue weighted by Gasteiger charge is 2.31. The molecule has 0 aromatic heterocycles. The van der Waals surface area contributed by atoms with E-state index in [4.69, 9.17) is 0 Å². The van der Waals surface area contributed by atoms with Gasteiger partial charge in [0.15, 0.2) is 0 Å². The highest BCUT2D eigenvalue weighted by molar-refractivity contribution is 5.99. The highest BCUT2D eigenvalue weighted by atomic mass is 19.4. The predicted octanol–water partition coefficient (Wildman–Crippen LogP) is 6.48. The largest absolute Gasteiger partial charge is 0.416 e. The van der Waals surface area contributed by atoms with Gasteiger partial charge in [0.25, 0.3) is 5.91 Å². The number of carbonyl (C=O) groups excluding carboxylic acids is 3. The maximum absolute atomic E-state index is 13.8. The van der Waals surface area contributed by atoms with Gasteiger partial charge in [-0.1, -0.05) is 42.5 Å². The number of piperazine rings is 1. The number of carbonyl (C=O) groups is 3. The van der Waals surface area contributed by atoms with Gasteiger partial charge in [-0.3, -0.25) is 9.59 Å². The van der Waals surface area contributed by atoms with Crippen LogP contribution in [0.1, 0.15) is 21.5 Å². The van der Waals surface area contributed by atoms with Gasteiger partial charge < -0.3 is 25.3 Å². The van der Waals surface area contributed by atoms with E-state index in [0.29, 0.717) is 31.9 Å². The summed E-state index contributed by atoms with van der Waals surface area (Å²) in [7, 11) is 0. The minimum absolute atomic E-state index is 0.0707. The molecule has 46 heavy (non-hydrogen) atoms. The average molecular weight is 634 g/mol. The first-order valence-corrected chi connectivity index (χ1v) is 14.5. The standard InChI is InChI=1S/C34H31F4N5O3/c35-27-10-4-8-25(20-27)32(45)43(22-24-6-2-1-3-7-24)23-31(44)39-28-12-14-30(15-13-28)41-16-18-42(19-17-41)33(46)40-29-11-5-9-26(21-29)34(36,37)38/h1-15,20-21H,16-19,22-23H2,(H,39,44)(H,40,46). The van der Waals surface area contributed by atoms with E-state index in [1.165, 1.54) is 40.1 Å². The monoisotopic (exact) mass is 633 g/mol. The Balaban J connectivity index is 1.15. The minimum Gasteiger partial charge on any atom is -0.368 e. The van der Waals surface area contributed by atoms with Crippen molar-refractivity contribution >= 4 is 34.9 Å². The van der Waals surface area contributed by atoms with E-state index >= 15 is 0 Å². The molecule has 0 aliphatic carbocycles. The predicted molar refractivity (Wildman–Crippen MR) is 167 cm³/mol. The van der Waals surface area contributed by atoms with E-state index in [2.05, 4.69) is 15.5 Å². The maximum atomic E-state index is 13.8. The first kappa shape index (κ1) is 32.0. The zero-order chi connectivity index (χ0) is 32.7. The molecule has 1 aliphatic rings. The van der Waals surface area contributed by atoms with Crippen LogP contribution in [0.3, 0.4) is 0 Å². The summed E-state index contributed by atoms with van der Waals surface area (Å²) in [5.74, 6) is -1.44. The summed E-state index contributed by atoms with van der Waals surface area (Å²) in [5.41, 5.74) is 1.57. The van der Waals surface area contributed by atoms with Gasteiger partial charge in [-0.2, -0.15) is 13.2 Å². The van der Waals surface area contributed by atoms with Crippen molar-refractivity contribution in [3.8, 4) is 0 Å². The van der Waals surface area contributed by atoms with Crippen LogP contribution in [0.25, 0.3) is 0 Å². The lowest BCUT2D eigenvalue weighted by atomic mass is 10.1. The van der Waals surface area contributed by atoms with E-state index in [9.17, 15) is 31.9 Å². The summed E-state index contributed by atoms with van der Waals surface area (Å²) in [4.78, 5) is 43.9. The third-order valence-electron chi connectivity index (χ3n) is 7.43. The first-order valence-electron chi connectivity index (χ1n) is 14.5. The summed E-state index contributed by atoms with van der Waals surface area (Å²) in [6.45, 7) is 1.62.